The van der Waals surface area contributed by atoms with Gasteiger partial charge in [-0.3, -0.25) is 14.5 Å². The normalized spacial score (nSPS) is 34.3. The lowest BCUT2D eigenvalue weighted by Gasteiger charge is -2.43. The van der Waals surface area contributed by atoms with E-state index in [1.165, 1.54) is 0 Å². The van der Waals surface area contributed by atoms with Crippen LogP contribution in [0, 0.1) is 5.92 Å². The second-order valence-corrected chi connectivity index (χ2v) is 7.50. The lowest BCUT2D eigenvalue weighted by Crippen LogP contribution is -2.57. The lowest BCUT2D eigenvalue weighted by atomic mass is 9.83. The maximum atomic E-state index is 12.9. The molecule has 5 nitrogen and oxygen atoms in total. The first-order chi connectivity index (χ1) is 11.1. The average molecular weight is 322 g/mol. The van der Waals surface area contributed by atoms with Crippen LogP contribution in [0.4, 0.5) is 0 Å². The molecule has 3 aliphatic rings. The summed E-state index contributed by atoms with van der Waals surface area (Å²) in [5, 5.41) is 0. The molecule has 1 saturated carbocycles. The summed E-state index contributed by atoms with van der Waals surface area (Å²) in [4.78, 5) is 29.5. The highest BCUT2D eigenvalue weighted by Crippen LogP contribution is 2.43. The van der Waals surface area contributed by atoms with Gasteiger partial charge in [0.2, 0.25) is 11.8 Å². The van der Waals surface area contributed by atoms with Crippen LogP contribution in [-0.2, 0) is 14.3 Å². The van der Waals surface area contributed by atoms with Gasteiger partial charge in [-0.1, -0.05) is 13.8 Å². The molecule has 3 fully saturated rings. The number of ether oxygens (including phenoxy) is 1. The zero-order valence-corrected chi connectivity index (χ0v) is 14.6. The van der Waals surface area contributed by atoms with Crippen molar-refractivity contribution in [3.05, 3.63) is 0 Å². The van der Waals surface area contributed by atoms with Gasteiger partial charge in [-0.05, 0) is 50.9 Å². The van der Waals surface area contributed by atoms with Gasteiger partial charge in [0.1, 0.15) is 11.8 Å². The van der Waals surface area contributed by atoms with E-state index in [1.807, 2.05) is 16.7 Å². The van der Waals surface area contributed by atoms with Gasteiger partial charge in [-0.15, -0.1) is 0 Å². The minimum Gasteiger partial charge on any atom is -0.353 e. The van der Waals surface area contributed by atoms with Crippen LogP contribution in [0.3, 0.4) is 0 Å². The van der Waals surface area contributed by atoms with Crippen LogP contribution in [0.1, 0.15) is 65.2 Å². The molecular formula is C18H30N2O3. The molecule has 2 aliphatic heterocycles. The standard InChI is InChI=1S/C18H30N2O3/c1-3-6-16(21)20-15(17(22)19-11-4-5-12-19)13-23-18(20)9-7-14(2)8-10-18/h14-15H,3-13H2,1-2H3. The zero-order valence-electron chi connectivity index (χ0n) is 14.6. The number of amides is 2. The van der Waals surface area contributed by atoms with E-state index in [2.05, 4.69) is 6.92 Å². The van der Waals surface area contributed by atoms with Gasteiger partial charge in [0.15, 0.2) is 0 Å². The summed E-state index contributed by atoms with van der Waals surface area (Å²) < 4.78 is 6.16. The van der Waals surface area contributed by atoms with Crippen LogP contribution in [-0.4, -0.2) is 53.1 Å². The van der Waals surface area contributed by atoms with Gasteiger partial charge < -0.3 is 9.64 Å². The third-order valence-corrected chi connectivity index (χ3v) is 5.75. The average Bonchev–Trinajstić information content (AvgIpc) is 3.18. The van der Waals surface area contributed by atoms with Crippen LogP contribution in [0.15, 0.2) is 0 Å². The topological polar surface area (TPSA) is 49.9 Å². The predicted octanol–water partition coefficient (Wildman–Crippen LogP) is 2.54. The highest BCUT2D eigenvalue weighted by molar-refractivity contribution is 5.89. The Morgan fingerprint density at radius 2 is 1.83 bits per heavy atom. The third-order valence-electron chi connectivity index (χ3n) is 5.75. The molecule has 1 aliphatic carbocycles. The Hall–Kier alpha value is -1.10. The first-order valence-corrected chi connectivity index (χ1v) is 9.32. The summed E-state index contributed by atoms with van der Waals surface area (Å²) in [5.41, 5.74) is -0.515. The van der Waals surface area contributed by atoms with Crippen molar-refractivity contribution in [3.8, 4) is 0 Å². The smallest absolute Gasteiger partial charge is 0.247 e. The molecule has 2 saturated heterocycles. The van der Waals surface area contributed by atoms with Crippen molar-refractivity contribution in [1.82, 2.24) is 9.80 Å². The summed E-state index contributed by atoms with van der Waals surface area (Å²) in [6.07, 6.45) is 7.34. The highest BCUT2D eigenvalue weighted by Gasteiger charge is 2.53. The number of nitrogens with zero attached hydrogens (tertiary/aromatic N) is 2. The number of carbonyl (C=O) groups excluding carboxylic acids is 2. The van der Waals surface area contributed by atoms with Crippen molar-refractivity contribution in [1.29, 1.82) is 0 Å². The van der Waals surface area contributed by atoms with E-state index in [9.17, 15) is 9.59 Å². The minimum atomic E-state index is -0.515. The number of carbonyl (C=O) groups is 2. The second-order valence-electron chi connectivity index (χ2n) is 7.50. The molecule has 0 N–H and O–H groups in total. The molecule has 0 aromatic carbocycles. The van der Waals surface area contributed by atoms with Gasteiger partial charge in [-0.2, -0.15) is 0 Å². The van der Waals surface area contributed by atoms with Gasteiger partial charge >= 0.3 is 0 Å². The van der Waals surface area contributed by atoms with E-state index < -0.39 is 11.8 Å². The Labute approximate surface area is 139 Å². The summed E-state index contributed by atoms with van der Waals surface area (Å²) >= 11 is 0. The Morgan fingerprint density at radius 1 is 1.17 bits per heavy atom. The summed E-state index contributed by atoms with van der Waals surface area (Å²) in [6, 6.07) is -0.402. The molecule has 2 heterocycles. The highest BCUT2D eigenvalue weighted by atomic mass is 16.5. The molecule has 2 amide bonds. The van der Waals surface area contributed by atoms with Crippen LogP contribution >= 0.6 is 0 Å². The quantitative estimate of drug-likeness (QED) is 0.802. The number of rotatable bonds is 3. The third kappa shape index (κ3) is 3.12. The van der Waals surface area contributed by atoms with Gasteiger partial charge in [-0.25, -0.2) is 0 Å². The molecule has 1 atom stereocenters. The minimum absolute atomic E-state index is 0.0945. The Kier molecular flexibility index (Phi) is 4.95. The molecule has 0 aromatic heterocycles. The fourth-order valence-corrected chi connectivity index (χ4v) is 4.33. The second kappa shape index (κ2) is 6.80. The monoisotopic (exact) mass is 322 g/mol. The van der Waals surface area contributed by atoms with E-state index in [-0.39, 0.29) is 11.8 Å². The summed E-state index contributed by atoms with van der Waals surface area (Å²) in [6.45, 7) is 6.30. The number of hydrogen-bond donors (Lipinski definition) is 0. The SMILES string of the molecule is CCCC(=O)N1C(C(=O)N2CCCC2)COC12CCC(C)CC2. The van der Waals surface area contributed by atoms with Crippen molar-refractivity contribution >= 4 is 11.8 Å². The molecule has 0 bridgehead atoms. The van der Waals surface area contributed by atoms with Crippen LogP contribution in [0.2, 0.25) is 0 Å². The predicted molar refractivity (Wildman–Crippen MR) is 87.7 cm³/mol. The number of hydrogen-bond acceptors (Lipinski definition) is 3. The molecule has 5 heteroatoms. The van der Waals surface area contributed by atoms with Crippen molar-refractivity contribution in [2.75, 3.05) is 19.7 Å². The van der Waals surface area contributed by atoms with Crippen molar-refractivity contribution in [2.24, 2.45) is 5.92 Å². The molecule has 0 aromatic rings. The van der Waals surface area contributed by atoms with E-state index in [0.717, 1.165) is 58.0 Å². The van der Waals surface area contributed by atoms with E-state index in [4.69, 9.17) is 4.74 Å². The van der Waals surface area contributed by atoms with E-state index >= 15 is 0 Å². The largest absolute Gasteiger partial charge is 0.353 e. The zero-order chi connectivity index (χ0) is 16.4. The summed E-state index contributed by atoms with van der Waals surface area (Å²) in [5.74, 6) is 0.875. The fraction of sp³-hybridized carbons (Fsp3) is 0.889. The van der Waals surface area contributed by atoms with Gasteiger partial charge in [0.25, 0.3) is 0 Å². The first-order valence-electron chi connectivity index (χ1n) is 9.32. The molecule has 130 valence electrons. The Morgan fingerprint density at radius 3 is 2.43 bits per heavy atom. The van der Waals surface area contributed by atoms with E-state index in [1.54, 1.807) is 0 Å². The van der Waals surface area contributed by atoms with Crippen LogP contribution in [0.25, 0.3) is 0 Å². The maximum Gasteiger partial charge on any atom is 0.247 e. The molecule has 1 spiro atoms. The van der Waals surface area contributed by atoms with Crippen LogP contribution < -0.4 is 0 Å². The summed E-state index contributed by atoms with van der Waals surface area (Å²) in [7, 11) is 0. The van der Waals surface area contributed by atoms with Gasteiger partial charge in [0.05, 0.1) is 6.61 Å². The van der Waals surface area contributed by atoms with Gasteiger partial charge in [0, 0.05) is 19.5 Å². The molecule has 0 radical (unpaired) electrons. The fourth-order valence-electron chi connectivity index (χ4n) is 4.33. The van der Waals surface area contributed by atoms with E-state index in [0.29, 0.717) is 18.9 Å². The van der Waals surface area contributed by atoms with Crippen molar-refractivity contribution in [2.45, 2.75) is 77.0 Å². The number of likely N-dealkylation sites (tertiary alicyclic amines) is 1. The van der Waals surface area contributed by atoms with Crippen molar-refractivity contribution in [3.63, 3.8) is 0 Å². The molecule has 23 heavy (non-hydrogen) atoms. The van der Waals surface area contributed by atoms with Crippen molar-refractivity contribution < 1.29 is 14.3 Å². The Bertz CT molecular complexity index is 451. The molecule has 3 rings (SSSR count). The molecular weight excluding hydrogens is 292 g/mol. The lowest BCUT2D eigenvalue weighted by molar-refractivity contribution is -0.163. The molecule has 1 unspecified atom stereocenters. The first kappa shape index (κ1) is 16.7. The maximum absolute atomic E-state index is 12.9. The Balaban J connectivity index is 1.81. The van der Waals surface area contributed by atoms with Crippen LogP contribution in [0.5, 0.6) is 0 Å².